The summed E-state index contributed by atoms with van der Waals surface area (Å²) in [5.74, 6) is 0.218. The molecule has 0 spiro atoms. The van der Waals surface area contributed by atoms with Crippen LogP contribution >= 0.6 is 23.1 Å². The van der Waals surface area contributed by atoms with Crippen molar-refractivity contribution < 1.29 is 14.3 Å². The summed E-state index contributed by atoms with van der Waals surface area (Å²) in [6.07, 6.45) is 3.27. The van der Waals surface area contributed by atoms with E-state index in [1.807, 2.05) is 41.1 Å². The van der Waals surface area contributed by atoms with Crippen molar-refractivity contribution in [2.75, 3.05) is 12.4 Å². The fourth-order valence-corrected chi connectivity index (χ4v) is 4.42. The highest BCUT2D eigenvalue weighted by Crippen LogP contribution is 2.27. The van der Waals surface area contributed by atoms with Crippen molar-refractivity contribution in [1.29, 1.82) is 0 Å². The van der Waals surface area contributed by atoms with E-state index in [1.54, 1.807) is 23.5 Å². The summed E-state index contributed by atoms with van der Waals surface area (Å²) < 4.78 is 7.13. The number of hydrogen-bond donors (Lipinski definition) is 0. The Hall–Kier alpha value is -2.45. The van der Waals surface area contributed by atoms with E-state index in [0.717, 1.165) is 30.0 Å². The van der Waals surface area contributed by atoms with Crippen molar-refractivity contribution in [2.45, 2.75) is 44.8 Å². The van der Waals surface area contributed by atoms with Crippen LogP contribution in [0, 0.1) is 0 Å². The SMILES string of the molecule is CCCCc1ccc(C(=O)COC(=O)CSc2nnc(-c3cccs3)n2CC)cc1. The molecule has 0 bridgehead atoms. The average Bonchev–Trinajstić information content (AvgIpc) is 3.44. The first-order chi connectivity index (χ1) is 14.6. The summed E-state index contributed by atoms with van der Waals surface area (Å²) in [4.78, 5) is 25.4. The van der Waals surface area contributed by atoms with Crippen LogP contribution in [0.1, 0.15) is 42.6 Å². The van der Waals surface area contributed by atoms with Gasteiger partial charge in [0.25, 0.3) is 0 Å². The molecule has 6 nitrogen and oxygen atoms in total. The largest absolute Gasteiger partial charge is 0.457 e. The van der Waals surface area contributed by atoms with E-state index in [1.165, 1.54) is 17.3 Å². The Bertz CT molecular complexity index is 966. The minimum Gasteiger partial charge on any atom is -0.457 e. The molecule has 0 atom stereocenters. The molecule has 0 radical (unpaired) electrons. The first kappa shape index (κ1) is 22.2. The molecule has 0 N–H and O–H groups in total. The Morgan fingerprint density at radius 1 is 1.13 bits per heavy atom. The maximum Gasteiger partial charge on any atom is 0.316 e. The van der Waals surface area contributed by atoms with Crippen molar-refractivity contribution in [3.63, 3.8) is 0 Å². The molecule has 158 valence electrons. The normalized spacial score (nSPS) is 10.9. The van der Waals surface area contributed by atoms with Crippen molar-refractivity contribution >= 4 is 34.9 Å². The number of unbranched alkanes of at least 4 members (excludes halogenated alkanes) is 1. The van der Waals surface area contributed by atoms with E-state index in [4.69, 9.17) is 4.74 Å². The lowest BCUT2D eigenvalue weighted by atomic mass is 10.0. The van der Waals surface area contributed by atoms with E-state index >= 15 is 0 Å². The lowest BCUT2D eigenvalue weighted by Gasteiger charge is -2.07. The molecule has 2 heterocycles. The molecule has 30 heavy (non-hydrogen) atoms. The van der Waals surface area contributed by atoms with Crippen molar-refractivity contribution in [1.82, 2.24) is 14.8 Å². The number of esters is 1. The quantitative estimate of drug-likeness (QED) is 0.239. The van der Waals surface area contributed by atoms with Crippen molar-refractivity contribution in [3.8, 4) is 10.7 Å². The van der Waals surface area contributed by atoms with Gasteiger partial charge >= 0.3 is 5.97 Å². The van der Waals surface area contributed by atoms with Crippen molar-refractivity contribution in [2.24, 2.45) is 0 Å². The van der Waals surface area contributed by atoms with Crippen molar-refractivity contribution in [3.05, 3.63) is 52.9 Å². The van der Waals surface area contributed by atoms with Crippen LogP contribution in [0.5, 0.6) is 0 Å². The van der Waals surface area contributed by atoms with E-state index in [-0.39, 0.29) is 18.1 Å². The predicted molar refractivity (Wildman–Crippen MR) is 120 cm³/mol. The van der Waals surface area contributed by atoms with E-state index in [0.29, 0.717) is 17.3 Å². The Kier molecular flexibility index (Phi) is 8.21. The smallest absolute Gasteiger partial charge is 0.316 e. The Labute approximate surface area is 184 Å². The average molecular weight is 444 g/mol. The first-order valence-corrected chi connectivity index (χ1v) is 11.9. The molecule has 0 saturated carbocycles. The van der Waals surface area contributed by atoms with Gasteiger partial charge in [-0.25, -0.2) is 0 Å². The standard InChI is InChI=1S/C22H25N3O3S2/c1-3-5-7-16-9-11-17(12-10-16)18(26)14-28-20(27)15-30-22-24-23-21(25(22)4-2)19-8-6-13-29-19/h6,8-13H,3-5,7,14-15H2,1-2H3. The molecule has 0 aliphatic heterocycles. The molecule has 8 heteroatoms. The molecule has 3 rings (SSSR count). The van der Waals surface area contributed by atoms with Crippen LogP contribution in [-0.2, 0) is 22.5 Å². The lowest BCUT2D eigenvalue weighted by molar-refractivity contribution is -0.139. The summed E-state index contributed by atoms with van der Waals surface area (Å²) in [6.45, 7) is 4.60. The van der Waals surface area contributed by atoms with Crippen LogP contribution in [0.2, 0.25) is 0 Å². The van der Waals surface area contributed by atoms with Gasteiger partial charge in [-0.2, -0.15) is 0 Å². The number of Topliss-reactive ketones (excluding diaryl/α,β-unsaturated/α-hetero) is 1. The van der Waals surface area contributed by atoms with Gasteiger partial charge in [0.1, 0.15) is 0 Å². The number of rotatable bonds is 11. The third-order valence-electron chi connectivity index (χ3n) is 4.55. The maximum atomic E-state index is 12.3. The van der Waals surface area contributed by atoms with Crippen LogP contribution in [0.4, 0.5) is 0 Å². The number of ether oxygens (including phenoxy) is 1. The Balaban J connectivity index is 1.49. The number of hydrogen-bond acceptors (Lipinski definition) is 7. The van der Waals surface area contributed by atoms with E-state index in [9.17, 15) is 9.59 Å². The van der Waals surface area contributed by atoms with Crippen LogP contribution in [-0.4, -0.2) is 38.9 Å². The number of ketones is 1. The molecule has 0 aliphatic carbocycles. The number of benzene rings is 1. The monoisotopic (exact) mass is 443 g/mol. The summed E-state index contributed by atoms with van der Waals surface area (Å²) in [5.41, 5.74) is 1.77. The number of nitrogens with zero attached hydrogens (tertiary/aromatic N) is 3. The third kappa shape index (κ3) is 5.79. The number of thiophene rings is 1. The summed E-state index contributed by atoms with van der Waals surface area (Å²) in [6, 6.07) is 11.5. The van der Waals surface area contributed by atoms with Crippen LogP contribution in [0.15, 0.2) is 46.9 Å². The third-order valence-corrected chi connectivity index (χ3v) is 6.36. The zero-order valence-electron chi connectivity index (χ0n) is 17.2. The molecule has 0 aliphatic rings. The molecular formula is C22H25N3O3S2. The minimum absolute atomic E-state index is 0.0752. The summed E-state index contributed by atoms with van der Waals surface area (Å²) in [5, 5.41) is 11.1. The van der Waals surface area contributed by atoms with Gasteiger partial charge in [-0.05, 0) is 36.8 Å². The molecule has 1 aromatic carbocycles. The Morgan fingerprint density at radius 2 is 1.93 bits per heavy atom. The van der Waals surface area contributed by atoms with Gasteiger partial charge < -0.3 is 9.30 Å². The fourth-order valence-electron chi connectivity index (χ4n) is 2.90. The van der Waals surface area contributed by atoms with Gasteiger partial charge in [-0.1, -0.05) is 55.4 Å². The zero-order chi connectivity index (χ0) is 21.3. The highest BCUT2D eigenvalue weighted by molar-refractivity contribution is 7.99. The number of aryl methyl sites for hydroxylation is 1. The topological polar surface area (TPSA) is 74.1 Å². The minimum atomic E-state index is -0.448. The number of thioether (sulfide) groups is 1. The summed E-state index contributed by atoms with van der Waals surface area (Å²) >= 11 is 2.86. The lowest BCUT2D eigenvalue weighted by Crippen LogP contribution is -2.16. The van der Waals surface area contributed by atoms with Crippen LogP contribution in [0.3, 0.4) is 0 Å². The van der Waals surface area contributed by atoms with Crippen LogP contribution in [0.25, 0.3) is 10.7 Å². The highest BCUT2D eigenvalue weighted by Gasteiger charge is 2.16. The number of carbonyl (C=O) groups excluding carboxylic acids is 2. The van der Waals surface area contributed by atoms with Gasteiger partial charge in [0.05, 0.1) is 10.6 Å². The molecule has 0 fully saturated rings. The molecular weight excluding hydrogens is 418 g/mol. The second kappa shape index (κ2) is 11.1. The van der Waals surface area contributed by atoms with E-state index < -0.39 is 5.97 Å². The first-order valence-electron chi connectivity index (χ1n) is 10.00. The highest BCUT2D eigenvalue weighted by atomic mass is 32.2. The van der Waals surface area contributed by atoms with Gasteiger partial charge in [-0.15, -0.1) is 21.5 Å². The molecule has 0 saturated heterocycles. The molecule has 2 aromatic heterocycles. The zero-order valence-corrected chi connectivity index (χ0v) is 18.8. The molecule has 0 unspecified atom stereocenters. The van der Waals surface area contributed by atoms with Crippen LogP contribution < -0.4 is 0 Å². The van der Waals surface area contributed by atoms with E-state index in [2.05, 4.69) is 17.1 Å². The predicted octanol–water partition coefficient (Wildman–Crippen LogP) is 4.89. The van der Waals surface area contributed by atoms with Gasteiger partial charge in [-0.3, -0.25) is 9.59 Å². The molecule has 0 amide bonds. The second-order valence-electron chi connectivity index (χ2n) is 6.70. The molecule has 3 aromatic rings. The summed E-state index contributed by atoms with van der Waals surface area (Å²) in [7, 11) is 0. The second-order valence-corrected chi connectivity index (χ2v) is 8.59. The Morgan fingerprint density at radius 3 is 2.60 bits per heavy atom. The maximum absolute atomic E-state index is 12.3. The number of carbonyl (C=O) groups is 2. The number of aromatic nitrogens is 3. The van der Waals surface area contributed by atoms with Gasteiger partial charge in [0, 0.05) is 12.1 Å². The van der Waals surface area contributed by atoms with Gasteiger partial charge in [0.2, 0.25) is 0 Å². The fraction of sp³-hybridized carbons (Fsp3) is 0.364. The van der Waals surface area contributed by atoms with Gasteiger partial charge in [0.15, 0.2) is 23.4 Å².